The van der Waals surface area contributed by atoms with Gasteiger partial charge in [0.25, 0.3) is 0 Å². The summed E-state index contributed by atoms with van der Waals surface area (Å²) in [5.74, 6) is 0.772. The molecule has 0 spiro atoms. The predicted octanol–water partition coefficient (Wildman–Crippen LogP) is 0.463. The molecule has 2 N–H and O–H groups in total. The fourth-order valence-electron chi connectivity index (χ4n) is 1.96. The number of aliphatic hydroxyl groups is 1. The van der Waals surface area contributed by atoms with E-state index in [1.807, 2.05) is 11.8 Å². The first kappa shape index (κ1) is 13.5. The van der Waals surface area contributed by atoms with Gasteiger partial charge >= 0.3 is 0 Å². The van der Waals surface area contributed by atoms with Gasteiger partial charge in [-0.15, -0.1) is 0 Å². The van der Waals surface area contributed by atoms with Crippen LogP contribution in [0.15, 0.2) is 0 Å². The van der Waals surface area contributed by atoms with E-state index in [-0.39, 0.29) is 18.4 Å². The third kappa shape index (κ3) is 3.46. The van der Waals surface area contributed by atoms with Crippen molar-refractivity contribution in [3.63, 3.8) is 0 Å². The van der Waals surface area contributed by atoms with E-state index in [9.17, 15) is 4.79 Å². The van der Waals surface area contributed by atoms with Crippen LogP contribution >= 0.6 is 0 Å². The molecule has 1 saturated heterocycles. The molecular formula is C12H24N2O2. The van der Waals surface area contributed by atoms with Crippen LogP contribution < -0.4 is 5.32 Å². The molecule has 0 aromatic rings. The fraction of sp³-hybridized carbons (Fsp3) is 0.917. The van der Waals surface area contributed by atoms with Crippen molar-refractivity contribution in [3.8, 4) is 0 Å². The summed E-state index contributed by atoms with van der Waals surface area (Å²) in [4.78, 5) is 14.0. The number of unbranched alkanes of at least 4 members (excludes halogenated alkanes) is 1. The SMILES string of the molecule is CCCCN(CCO)C(=O)C(C)C1CNC1. The smallest absolute Gasteiger partial charge is 0.225 e. The van der Waals surface area contributed by atoms with Crippen molar-refractivity contribution >= 4 is 5.91 Å². The van der Waals surface area contributed by atoms with Crippen LogP contribution in [0.25, 0.3) is 0 Å². The van der Waals surface area contributed by atoms with Crippen LogP contribution in [0.3, 0.4) is 0 Å². The highest BCUT2D eigenvalue weighted by atomic mass is 16.3. The summed E-state index contributed by atoms with van der Waals surface area (Å²) in [5, 5.41) is 12.2. The molecule has 1 amide bonds. The van der Waals surface area contributed by atoms with Crippen LogP contribution in [-0.2, 0) is 4.79 Å². The quantitative estimate of drug-likeness (QED) is 0.666. The number of hydrogen-bond acceptors (Lipinski definition) is 3. The first-order chi connectivity index (χ1) is 7.70. The highest BCUT2D eigenvalue weighted by molar-refractivity contribution is 5.79. The Kier molecular flexibility index (Phi) is 5.77. The normalized spacial score (nSPS) is 17.9. The Balaban J connectivity index is 2.43. The molecule has 0 bridgehead atoms. The fourth-order valence-corrected chi connectivity index (χ4v) is 1.96. The summed E-state index contributed by atoms with van der Waals surface area (Å²) in [6.07, 6.45) is 2.09. The van der Waals surface area contributed by atoms with Crippen LogP contribution in [0.5, 0.6) is 0 Å². The van der Waals surface area contributed by atoms with E-state index in [0.717, 1.165) is 32.5 Å². The maximum Gasteiger partial charge on any atom is 0.225 e. The van der Waals surface area contributed by atoms with Gasteiger partial charge in [0.15, 0.2) is 0 Å². The van der Waals surface area contributed by atoms with Crippen molar-refractivity contribution in [2.45, 2.75) is 26.7 Å². The van der Waals surface area contributed by atoms with Crippen LogP contribution in [0, 0.1) is 11.8 Å². The third-order valence-electron chi connectivity index (χ3n) is 3.37. The number of hydrogen-bond donors (Lipinski definition) is 2. The largest absolute Gasteiger partial charge is 0.395 e. The number of nitrogens with one attached hydrogen (secondary N) is 1. The monoisotopic (exact) mass is 228 g/mol. The standard InChI is InChI=1S/C12H24N2O2/c1-3-4-5-14(6-7-15)12(16)10(2)11-8-13-9-11/h10-11,13,15H,3-9H2,1-2H3. The second-order valence-corrected chi connectivity index (χ2v) is 4.61. The topological polar surface area (TPSA) is 52.6 Å². The molecule has 94 valence electrons. The molecule has 4 heteroatoms. The summed E-state index contributed by atoms with van der Waals surface area (Å²) < 4.78 is 0. The lowest BCUT2D eigenvalue weighted by Gasteiger charge is -2.35. The van der Waals surface area contributed by atoms with Crippen molar-refractivity contribution < 1.29 is 9.90 Å². The van der Waals surface area contributed by atoms with Gasteiger partial charge in [-0.3, -0.25) is 4.79 Å². The molecule has 1 unspecified atom stereocenters. The zero-order valence-corrected chi connectivity index (χ0v) is 10.4. The molecular weight excluding hydrogens is 204 g/mol. The first-order valence-electron chi connectivity index (χ1n) is 6.31. The van der Waals surface area contributed by atoms with E-state index in [4.69, 9.17) is 5.11 Å². The second-order valence-electron chi connectivity index (χ2n) is 4.61. The van der Waals surface area contributed by atoms with Crippen molar-refractivity contribution in [3.05, 3.63) is 0 Å². The number of aliphatic hydroxyl groups excluding tert-OH is 1. The van der Waals surface area contributed by atoms with Gasteiger partial charge in [0, 0.05) is 19.0 Å². The van der Waals surface area contributed by atoms with Gasteiger partial charge in [0.1, 0.15) is 0 Å². The van der Waals surface area contributed by atoms with Crippen LogP contribution in [0.4, 0.5) is 0 Å². The predicted molar refractivity (Wildman–Crippen MR) is 64.1 cm³/mol. The first-order valence-corrected chi connectivity index (χ1v) is 6.31. The Morgan fingerprint density at radius 1 is 1.50 bits per heavy atom. The average Bonchev–Trinajstić information content (AvgIpc) is 2.20. The Labute approximate surface area is 98.0 Å². The summed E-state index contributed by atoms with van der Waals surface area (Å²) >= 11 is 0. The Morgan fingerprint density at radius 3 is 2.62 bits per heavy atom. The third-order valence-corrected chi connectivity index (χ3v) is 3.37. The highest BCUT2D eigenvalue weighted by Gasteiger charge is 2.31. The minimum Gasteiger partial charge on any atom is -0.395 e. The maximum absolute atomic E-state index is 12.2. The highest BCUT2D eigenvalue weighted by Crippen LogP contribution is 2.18. The molecule has 1 aliphatic heterocycles. The van der Waals surface area contributed by atoms with E-state index >= 15 is 0 Å². The van der Waals surface area contributed by atoms with Crippen LogP contribution in [0.2, 0.25) is 0 Å². The zero-order chi connectivity index (χ0) is 12.0. The number of amides is 1. The molecule has 1 heterocycles. The zero-order valence-electron chi connectivity index (χ0n) is 10.4. The molecule has 1 fully saturated rings. The van der Waals surface area contributed by atoms with Gasteiger partial charge in [-0.2, -0.15) is 0 Å². The molecule has 0 aromatic heterocycles. The lowest BCUT2D eigenvalue weighted by molar-refractivity contribution is -0.138. The molecule has 1 rings (SSSR count). The summed E-state index contributed by atoms with van der Waals surface area (Å²) in [7, 11) is 0. The van der Waals surface area contributed by atoms with Gasteiger partial charge in [-0.25, -0.2) is 0 Å². The van der Waals surface area contributed by atoms with Gasteiger partial charge in [0.05, 0.1) is 6.61 Å². The van der Waals surface area contributed by atoms with Gasteiger partial charge < -0.3 is 15.3 Å². The molecule has 0 saturated carbocycles. The lowest BCUT2D eigenvalue weighted by atomic mass is 9.88. The lowest BCUT2D eigenvalue weighted by Crippen LogP contribution is -2.51. The minimum absolute atomic E-state index is 0.0606. The van der Waals surface area contributed by atoms with E-state index in [0.29, 0.717) is 12.5 Å². The van der Waals surface area contributed by atoms with E-state index in [2.05, 4.69) is 12.2 Å². The van der Waals surface area contributed by atoms with Crippen molar-refractivity contribution in [1.29, 1.82) is 0 Å². The Hall–Kier alpha value is -0.610. The maximum atomic E-state index is 12.2. The Bertz CT molecular complexity index is 217. The van der Waals surface area contributed by atoms with E-state index in [1.54, 1.807) is 0 Å². The number of carbonyl (C=O) groups excluding carboxylic acids is 1. The minimum atomic E-state index is 0.0606. The van der Waals surface area contributed by atoms with E-state index in [1.165, 1.54) is 0 Å². The molecule has 0 aromatic carbocycles. The number of rotatable bonds is 7. The summed E-state index contributed by atoms with van der Waals surface area (Å²) in [6, 6.07) is 0. The molecule has 1 aliphatic rings. The van der Waals surface area contributed by atoms with Gasteiger partial charge in [-0.05, 0) is 25.4 Å². The molecule has 0 aliphatic carbocycles. The molecule has 1 atom stereocenters. The second kappa shape index (κ2) is 6.86. The molecule has 4 nitrogen and oxygen atoms in total. The average molecular weight is 228 g/mol. The van der Waals surface area contributed by atoms with Crippen LogP contribution in [0.1, 0.15) is 26.7 Å². The molecule has 16 heavy (non-hydrogen) atoms. The van der Waals surface area contributed by atoms with E-state index < -0.39 is 0 Å². The van der Waals surface area contributed by atoms with Crippen molar-refractivity contribution in [2.75, 3.05) is 32.8 Å². The van der Waals surface area contributed by atoms with Crippen molar-refractivity contribution in [2.24, 2.45) is 11.8 Å². The summed E-state index contributed by atoms with van der Waals surface area (Å²) in [5.41, 5.74) is 0. The Morgan fingerprint density at radius 2 is 2.19 bits per heavy atom. The van der Waals surface area contributed by atoms with Gasteiger partial charge in [0.2, 0.25) is 5.91 Å². The van der Waals surface area contributed by atoms with Crippen molar-refractivity contribution in [1.82, 2.24) is 10.2 Å². The number of carbonyl (C=O) groups is 1. The van der Waals surface area contributed by atoms with Gasteiger partial charge in [-0.1, -0.05) is 20.3 Å². The number of nitrogens with zero attached hydrogens (tertiary/aromatic N) is 1. The van der Waals surface area contributed by atoms with Crippen LogP contribution in [-0.4, -0.2) is 48.7 Å². The molecule has 0 radical (unpaired) electrons. The summed E-state index contributed by atoms with van der Waals surface area (Å²) in [6.45, 7) is 7.33.